The molecule has 1 aliphatic heterocycles. The monoisotopic (exact) mass is 180 g/mol. The lowest BCUT2D eigenvalue weighted by Crippen LogP contribution is -2.32. The summed E-state index contributed by atoms with van der Waals surface area (Å²) in [5.41, 5.74) is 6.70. The van der Waals surface area contributed by atoms with Crippen LogP contribution >= 0.6 is 0 Å². The van der Waals surface area contributed by atoms with Gasteiger partial charge in [0.05, 0.1) is 0 Å². The van der Waals surface area contributed by atoms with E-state index < -0.39 is 0 Å². The summed E-state index contributed by atoms with van der Waals surface area (Å²) in [5, 5.41) is 0. The van der Waals surface area contributed by atoms with Crippen LogP contribution in [0.5, 0.6) is 0 Å². The summed E-state index contributed by atoms with van der Waals surface area (Å²) < 4.78 is 0. The molecule has 0 bridgehead atoms. The minimum atomic E-state index is 0.468. The Balaban J connectivity index is 1.57. The summed E-state index contributed by atoms with van der Waals surface area (Å²) in [6.45, 7) is 3.79. The Bertz CT molecular complexity index is 206. The molecule has 1 unspecified atom stereocenters. The van der Waals surface area contributed by atoms with Gasteiger partial charge in [0.2, 0.25) is 0 Å². The third kappa shape index (κ3) is 1.50. The first-order chi connectivity index (χ1) is 6.28. The zero-order valence-corrected chi connectivity index (χ0v) is 8.34. The van der Waals surface area contributed by atoms with Crippen LogP contribution in [0.4, 0.5) is 0 Å². The van der Waals surface area contributed by atoms with Gasteiger partial charge in [0.1, 0.15) is 0 Å². The second-order valence-electron chi connectivity index (χ2n) is 5.42. The highest BCUT2D eigenvalue weighted by Gasteiger charge is 2.54. The average molecular weight is 180 g/mol. The van der Waals surface area contributed by atoms with Crippen LogP contribution in [0.25, 0.3) is 0 Å². The van der Waals surface area contributed by atoms with E-state index in [1.807, 2.05) is 0 Å². The second kappa shape index (κ2) is 2.71. The molecule has 2 heteroatoms. The van der Waals surface area contributed by atoms with Crippen molar-refractivity contribution in [1.82, 2.24) is 4.90 Å². The van der Waals surface area contributed by atoms with E-state index in [9.17, 15) is 0 Å². The van der Waals surface area contributed by atoms with E-state index >= 15 is 0 Å². The SMILES string of the molecule is NC1CCN(CC2(C3CC3)CC2)C1. The van der Waals surface area contributed by atoms with Crippen molar-refractivity contribution in [3.8, 4) is 0 Å². The Morgan fingerprint density at radius 3 is 2.46 bits per heavy atom. The lowest BCUT2D eigenvalue weighted by molar-refractivity contribution is 0.241. The maximum absolute atomic E-state index is 5.91. The summed E-state index contributed by atoms with van der Waals surface area (Å²) in [4.78, 5) is 2.61. The molecule has 1 atom stereocenters. The summed E-state index contributed by atoms with van der Waals surface area (Å²) in [6.07, 6.45) is 7.26. The molecule has 0 amide bonds. The predicted molar refractivity (Wildman–Crippen MR) is 53.4 cm³/mol. The molecular formula is C11H20N2. The summed E-state index contributed by atoms with van der Waals surface area (Å²) in [5.74, 6) is 1.10. The van der Waals surface area contributed by atoms with Crippen molar-refractivity contribution in [1.29, 1.82) is 0 Å². The Kier molecular flexibility index (Phi) is 1.72. The van der Waals surface area contributed by atoms with Crippen molar-refractivity contribution in [3.05, 3.63) is 0 Å². The van der Waals surface area contributed by atoms with Gasteiger partial charge in [-0.2, -0.15) is 0 Å². The van der Waals surface area contributed by atoms with E-state index in [0.717, 1.165) is 17.9 Å². The van der Waals surface area contributed by atoms with Gasteiger partial charge in [-0.3, -0.25) is 0 Å². The molecule has 1 heterocycles. The maximum atomic E-state index is 5.91. The fraction of sp³-hybridized carbons (Fsp3) is 1.00. The molecule has 0 aromatic rings. The molecule has 2 aliphatic carbocycles. The zero-order valence-electron chi connectivity index (χ0n) is 8.34. The first kappa shape index (κ1) is 8.25. The topological polar surface area (TPSA) is 29.3 Å². The molecular weight excluding hydrogens is 160 g/mol. The highest BCUT2D eigenvalue weighted by Crippen LogP contribution is 2.61. The number of nitrogens with zero attached hydrogens (tertiary/aromatic N) is 1. The largest absolute Gasteiger partial charge is 0.326 e. The van der Waals surface area contributed by atoms with Gasteiger partial charge in [-0.15, -0.1) is 0 Å². The first-order valence-electron chi connectivity index (χ1n) is 5.76. The van der Waals surface area contributed by atoms with E-state index in [4.69, 9.17) is 5.73 Å². The lowest BCUT2D eigenvalue weighted by atomic mass is 10.0. The quantitative estimate of drug-likeness (QED) is 0.707. The van der Waals surface area contributed by atoms with Gasteiger partial charge < -0.3 is 10.6 Å². The second-order valence-corrected chi connectivity index (χ2v) is 5.42. The van der Waals surface area contributed by atoms with Crippen molar-refractivity contribution >= 4 is 0 Å². The van der Waals surface area contributed by atoms with Crippen LogP contribution in [-0.2, 0) is 0 Å². The molecule has 0 aromatic carbocycles. The van der Waals surface area contributed by atoms with Gasteiger partial charge >= 0.3 is 0 Å². The van der Waals surface area contributed by atoms with Gasteiger partial charge in [-0.05, 0) is 50.0 Å². The summed E-state index contributed by atoms with van der Waals surface area (Å²) >= 11 is 0. The van der Waals surface area contributed by atoms with Crippen LogP contribution in [0.15, 0.2) is 0 Å². The zero-order chi connectivity index (χ0) is 8.89. The van der Waals surface area contributed by atoms with E-state index in [0.29, 0.717) is 6.04 Å². The number of hydrogen-bond donors (Lipinski definition) is 1. The minimum absolute atomic E-state index is 0.468. The Morgan fingerprint density at radius 2 is 2.00 bits per heavy atom. The smallest absolute Gasteiger partial charge is 0.0180 e. The fourth-order valence-corrected chi connectivity index (χ4v) is 3.00. The number of hydrogen-bond acceptors (Lipinski definition) is 2. The third-order valence-corrected chi connectivity index (χ3v) is 4.18. The molecule has 3 fully saturated rings. The number of rotatable bonds is 3. The van der Waals surface area contributed by atoms with Gasteiger partial charge in [0.25, 0.3) is 0 Å². The standard InChI is InChI=1S/C11H20N2/c12-10-3-6-13(7-10)8-11(4-5-11)9-1-2-9/h9-10H,1-8,12H2. The molecule has 2 N–H and O–H groups in total. The summed E-state index contributed by atoms with van der Waals surface area (Å²) in [7, 11) is 0. The predicted octanol–water partition coefficient (Wildman–Crippen LogP) is 1.21. The van der Waals surface area contributed by atoms with E-state index in [1.54, 1.807) is 0 Å². The lowest BCUT2D eigenvalue weighted by Gasteiger charge is -2.22. The van der Waals surface area contributed by atoms with E-state index in [1.165, 1.54) is 45.2 Å². The molecule has 3 aliphatic rings. The van der Waals surface area contributed by atoms with E-state index in [-0.39, 0.29) is 0 Å². The minimum Gasteiger partial charge on any atom is -0.326 e. The van der Waals surface area contributed by atoms with Crippen molar-refractivity contribution in [2.45, 2.75) is 38.1 Å². The average Bonchev–Trinajstić information content (AvgIpc) is 2.94. The Hall–Kier alpha value is -0.0800. The van der Waals surface area contributed by atoms with Gasteiger partial charge in [0.15, 0.2) is 0 Å². The Labute approximate surface area is 80.5 Å². The van der Waals surface area contributed by atoms with Crippen molar-refractivity contribution in [2.75, 3.05) is 19.6 Å². The number of likely N-dealkylation sites (tertiary alicyclic amines) is 1. The van der Waals surface area contributed by atoms with Crippen LogP contribution < -0.4 is 5.73 Å². The highest BCUT2D eigenvalue weighted by molar-refractivity contribution is 5.06. The number of nitrogens with two attached hydrogens (primary N) is 1. The Morgan fingerprint density at radius 1 is 1.23 bits per heavy atom. The van der Waals surface area contributed by atoms with E-state index in [2.05, 4.69) is 4.90 Å². The molecule has 2 nitrogen and oxygen atoms in total. The normalized spacial score (nSPS) is 38.1. The first-order valence-corrected chi connectivity index (χ1v) is 5.76. The summed E-state index contributed by atoms with van der Waals surface area (Å²) in [6, 6.07) is 0.468. The molecule has 13 heavy (non-hydrogen) atoms. The van der Waals surface area contributed by atoms with Gasteiger partial charge in [0, 0.05) is 19.1 Å². The molecule has 0 radical (unpaired) electrons. The van der Waals surface area contributed by atoms with Crippen LogP contribution in [0.3, 0.4) is 0 Å². The van der Waals surface area contributed by atoms with Crippen LogP contribution in [0.2, 0.25) is 0 Å². The van der Waals surface area contributed by atoms with Gasteiger partial charge in [-0.25, -0.2) is 0 Å². The van der Waals surface area contributed by atoms with Crippen molar-refractivity contribution < 1.29 is 0 Å². The third-order valence-electron chi connectivity index (χ3n) is 4.18. The van der Waals surface area contributed by atoms with Crippen LogP contribution in [0.1, 0.15) is 32.1 Å². The molecule has 2 saturated carbocycles. The van der Waals surface area contributed by atoms with Gasteiger partial charge in [-0.1, -0.05) is 0 Å². The van der Waals surface area contributed by atoms with Crippen molar-refractivity contribution in [3.63, 3.8) is 0 Å². The molecule has 0 aromatic heterocycles. The maximum Gasteiger partial charge on any atom is 0.0180 e. The molecule has 0 spiro atoms. The highest BCUT2D eigenvalue weighted by atomic mass is 15.2. The molecule has 3 rings (SSSR count). The van der Waals surface area contributed by atoms with Crippen LogP contribution in [0, 0.1) is 11.3 Å². The van der Waals surface area contributed by atoms with Crippen molar-refractivity contribution in [2.24, 2.45) is 17.1 Å². The van der Waals surface area contributed by atoms with Crippen LogP contribution in [-0.4, -0.2) is 30.6 Å². The fourth-order valence-electron chi connectivity index (χ4n) is 3.00. The molecule has 1 saturated heterocycles. The molecule has 74 valence electrons.